The molecule has 1 saturated carbocycles. The van der Waals surface area contributed by atoms with Crippen LogP contribution in [-0.2, 0) is 11.8 Å². The lowest BCUT2D eigenvalue weighted by molar-refractivity contribution is -0.386. The lowest BCUT2D eigenvalue weighted by atomic mass is 9.83. The van der Waals surface area contributed by atoms with Crippen molar-refractivity contribution in [3.8, 4) is 0 Å². The summed E-state index contributed by atoms with van der Waals surface area (Å²) < 4.78 is 0. The van der Waals surface area contributed by atoms with E-state index in [0.29, 0.717) is 18.8 Å². The Bertz CT molecular complexity index is 556. The summed E-state index contributed by atoms with van der Waals surface area (Å²) in [5.74, 6) is 0.659. The highest BCUT2D eigenvalue weighted by molar-refractivity contribution is 5.47. The molecule has 24 heavy (non-hydrogen) atoms. The predicted octanol–water partition coefficient (Wildman–Crippen LogP) is 5.16. The van der Waals surface area contributed by atoms with Crippen molar-refractivity contribution in [3.63, 3.8) is 0 Å². The topological polar surface area (TPSA) is 63.4 Å². The summed E-state index contributed by atoms with van der Waals surface area (Å²) in [6.45, 7) is 5.97. The second kappa shape index (κ2) is 8.11. The molecule has 1 aromatic carbocycles. The summed E-state index contributed by atoms with van der Waals surface area (Å²) in [5.41, 5.74) is 1.65. The number of benzene rings is 1. The van der Waals surface area contributed by atoms with E-state index in [-0.39, 0.29) is 22.1 Å². The molecule has 0 unspecified atom stereocenters. The molecule has 1 fully saturated rings. The molecule has 0 amide bonds. The molecular weight excluding hydrogens is 302 g/mol. The first-order valence-electron chi connectivity index (χ1n) is 9.23. The van der Waals surface area contributed by atoms with Gasteiger partial charge in [0.2, 0.25) is 0 Å². The van der Waals surface area contributed by atoms with E-state index in [9.17, 15) is 15.2 Å². The Labute approximate surface area is 145 Å². The molecule has 1 atom stereocenters. The standard InChI is InChI=1S/C20H31NO3/c1-20(2,3)18-12-10-16(14-19(18)21(23)24)9-11-17(22)13-15-7-5-4-6-8-15/h10,12,14-15,17,22H,4-9,11,13H2,1-3H3/t17-/m1/s1. The quantitative estimate of drug-likeness (QED) is 0.578. The van der Waals surface area contributed by atoms with Gasteiger partial charge in [-0.25, -0.2) is 0 Å². The highest BCUT2D eigenvalue weighted by atomic mass is 16.6. The van der Waals surface area contributed by atoms with Crippen molar-refractivity contribution in [1.82, 2.24) is 0 Å². The average molecular weight is 333 g/mol. The maximum absolute atomic E-state index is 11.4. The van der Waals surface area contributed by atoms with Crippen LogP contribution < -0.4 is 0 Å². The van der Waals surface area contributed by atoms with Gasteiger partial charge in [-0.15, -0.1) is 0 Å². The molecule has 0 radical (unpaired) electrons. The predicted molar refractivity (Wildman–Crippen MR) is 97.3 cm³/mol. The molecule has 1 aromatic rings. The van der Waals surface area contributed by atoms with Crippen molar-refractivity contribution in [2.24, 2.45) is 5.92 Å². The van der Waals surface area contributed by atoms with E-state index in [0.717, 1.165) is 17.5 Å². The van der Waals surface area contributed by atoms with Crippen molar-refractivity contribution < 1.29 is 10.0 Å². The summed E-state index contributed by atoms with van der Waals surface area (Å²) in [5, 5.41) is 21.7. The molecule has 1 N–H and O–H groups in total. The molecule has 0 aromatic heterocycles. The molecular formula is C20H31NO3. The molecule has 1 aliphatic rings. The zero-order valence-electron chi connectivity index (χ0n) is 15.3. The summed E-state index contributed by atoms with van der Waals surface area (Å²) in [7, 11) is 0. The zero-order chi connectivity index (χ0) is 17.7. The number of aliphatic hydroxyl groups excluding tert-OH is 1. The van der Waals surface area contributed by atoms with Crippen molar-refractivity contribution >= 4 is 5.69 Å². The van der Waals surface area contributed by atoms with Crippen LogP contribution in [0.25, 0.3) is 0 Å². The Balaban J connectivity index is 1.97. The van der Waals surface area contributed by atoms with Gasteiger partial charge in [0.25, 0.3) is 5.69 Å². The van der Waals surface area contributed by atoms with Crippen LogP contribution in [0.4, 0.5) is 5.69 Å². The fourth-order valence-electron chi connectivity index (χ4n) is 3.78. The zero-order valence-corrected chi connectivity index (χ0v) is 15.3. The van der Waals surface area contributed by atoms with Gasteiger partial charge >= 0.3 is 0 Å². The van der Waals surface area contributed by atoms with Gasteiger partial charge < -0.3 is 5.11 Å². The maximum Gasteiger partial charge on any atom is 0.273 e. The fourth-order valence-corrected chi connectivity index (χ4v) is 3.78. The van der Waals surface area contributed by atoms with Crippen LogP contribution in [0, 0.1) is 16.0 Å². The summed E-state index contributed by atoms with van der Waals surface area (Å²) in [6.07, 6.45) is 8.34. The van der Waals surface area contributed by atoms with E-state index in [2.05, 4.69) is 0 Å². The number of nitro groups is 1. The van der Waals surface area contributed by atoms with Crippen LogP contribution >= 0.6 is 0 Å². The van der Waals surface area contributed by atoms with Crippen LogP contribution in [0.15, 0.2) is 18.2 Å². The second-order valence-electron chi connectivity index (χ2n) is 8.29. The SMILES string of the molecule is CC(C)(C)c1ccc(CC[C@@H](O)CC2CCCCC2)cc1[N+](=O)[O-]. The molecule has 0 saturated heterocycles. The lowest BCUT2D eigenvalue weighted by Crippen LogP contribution is -2.17. The molecule has 134 valence electrons. The fraction of sp³-hybridized carbons (Fsp3) is 0.700. The first-order valence-corrected chi connectivity index (χ1v) is 9.23. The third-order valence-corrected chi connectivity index (χ3v) is 5.16. The molecule has 0 spiro atoms. The van der Waals surface area contributed by atoms with Gasteiger partial charge in [-0.05, 0) is 36.2 Å². The number of aliphatic hydroxyl groups is 1. The normalized spacial score (nSPS) is 17.7. The monoisotopic (exact) mass is 333 g/mol. The minimum Gasteiger partial charge on any atom is -0.393 e. The molecule has 4 heteroatoms. The van der Waals surface area contributed by atoms with Gasteiger partial charge in [-0.3, -0.25) is 10.1 Å². The Morgan fingerprint density at radius 1 is 1.25 bits per heavy atom. The minimum atomic E-state index is -0.297. The van der Waals surface area contributed by atoms with Gasteiger partial charge in [-0.1, -0.05) is 65.0 Å². The van der Waals surface area contributed by atoms with Gasteiger partial charge in [0.05, 0.1) is 11.0 Å². The van der Waals surface area contributed by atoms with E-state index in [1.54, 1.807) is 6.07 Å². The third-order valence-electron chi connectivity index (χ3n) is 5.16. The number of hydrogen-bond donors (Lipinski definition) is 1. The molecule has 0 aliphatic heterocycles. The van der Waals surface area contributed by atoms with Crippen LogP contribution in [0.3, 0.4) is 0 Å². The van der Waals surface area contributed by atoms with E-state index >= 15 is 0 Å². The van der Waals surface area contributed by atoms with E-state index in [1.807, 2.05) is 32.9 Å². The van der Waals surface area contributed by atoms with Crippen molar-refractivity contribution in [1.29, 1.82) is 0 Å². The van der Waals surface area contributed by atoms with Crippen molar-refractivity contribution in [2.45, 2.75) is 83.7 Å². The number of aryl methyl sites for hydroxylation is 1. The van der Waals surface area contributed by atoms with Crippen molar-refractivity contribution in [2.75, 3.05) is 0 Å². The van der Waals surface area contributed by atoms with Gasteiger partial charge in [-0.2, -0.15) is 0 Å². The van der Waals surface area contributed by atoms with Crippen LogP contribution in [0.5, 0.6) is 0 Å². The number of hydrogen-bond acceptors (Lipinski definition) is 3. The van der Waals surface area contributed by atoms with Crippen LogP contribution in [-0.4, -0.2) is 16.1 Å². The second-order valence-corrected chi connectivity index (χ2v) is 8.29. The molecule has 2 rings (SSSR count). The van der Waals surface area contributed by atoms with E-state index in [1.165, 1.54) is 32.1 Å². The Morgan fingerprint density at radius 2 is 1.92 bits per heavy atom. The molecule has 1 aliphatic carbocycles. The first-order chi connectivity index (χ1) is 11.3. The Kier molecular flexibility index (Phi) is 6.39. The average Bonchev–Trinajstić information content (AvgIpc) is 2.52. The lowest BCUT2D eigenvalue weighted by Gasteiger charge is -2.24. The third kappa shape index (κ3) is 5.30. The largest absolute Gasteiger partial charge is 0.393 e. The van der Waals surface area contributed by atoms with E-state index in [4.69, 9.17) is 0 Å². The minimum absolute atomic E-state index is 0.196. The summed E-state index contributed by atoms with van der Waals surface area (Å²) in [6, 6.07) is 5.54. The van der Waals surface area contributed by atoms with Crippen LogP contribution in [0.1, 0.15) is 76.8 Å². The van der Waals surface area contributed by atoms with Gasteiger partial charge in [0.15, 0.2) is 0 Å². The van der Waals surface area contributed by atoms with E-state index < -0.39 is 0 Å². The van der Waals surface area contributed by atoms with Gasteiger partial charge in [0, 0.05) is 11.6 Å². The molecule has 4 nitrogen and oxygen atoms in total. The number of nitro benzene ring substituents is 1. The smallest absolute Gasteiger partial charge is 0.273 e. The summed E-state index contributed by atoms with van der Waals surface area (Å²) >= 11 is 0. The maximum atomic E-state index is 11.4. The Hall–Kier alpha value is -1.42. The van der Waals surface area contributed by atoms with Gasteiger partial charge in [0.1, 0.15) is 0 Å². The number of nitrogens with zero attached hydrogens (tertiary/aromatic N) is 1. The highest BCUT2D eigenvalue weighted by Gasteiger charge is 2.25. The summed E-state index contributed by atoms with van der Waals surface area (Å²) in [4.78, 5) is 11.1. The molecule has 0 heterocycles. The first kappa shape index (κ1) is 18.9. The Morgan fingerprint density at radius 3 is 2.50 bits per heavy atom. The number of rotatable bonds is 6. The van der Waals surface area contributed by atoms with Crippen molar-refractivity contribution in [3.05, 3.63) is 39.4 Å². The van der Waals surface area contributed by atoms with Crippen LogP contribution in [0.2, 0.25) is 0 Å². The molecule has 0 bridgehead atoms. The highest BCUT2D eigenvalue weighted by Crippen LogP contribution is 2.32.